The second-order valence-corrected chi connectivity index (χ2v) is 5.96. The number of likely N-dealkylation sites (tertiary alicyclic amines) is 1. The average molecular weight is 327 g/mol. The van der Waals surface area contributed by atoms with Crippen molar-refractivity contribution in [1.82, 2.24) is 4.90 Å². The van der Waals surface area contributed by atoms with Gasteiger partial charge in [-0.05, 0) is 18.9 Å². The number of nitrogens with zero attached hydrogens (tertiary/aromatic N) is 1. The number of hydrogen-bond donors (Lipinski definition) is 0. The average Bonchev–Trinajstić information content (AvgIpc) is 2.77. The van der Waals surface area contributed by atoms with Crippen LogP contribution in [0, 0.1) is 0 Å². The van der Waals surface area contributed by atoms with E-state index in [-0.39, 0.29) is 6.54 Å². The molecule has 1 fully saturated rings. The predicted octanol–water partition coefficient (Wildman–Crippen LogP) is 3.02. The van der Waals surface area contributed by atoms with Gasteiger partial charge in [0.25, 0.3) is 0 Å². The maximum Gasteiger partial charge on any atom is 0.389 e. The monoisotopic (exact) mass is 327 g/mol. The molecule has 1 aromatic carbocycles. The Morgan fingerprint density at radius 3 is 2.78 bits per heavy atom. The zero-order valence-corrected chi connectivity index (χ0v) is 12.4. The lowest BCUT2D eigenvalue weighted by Gasteiger charge is -2.39. The summed E-state index contributed by atoms with van der Waals surface area (Å²) in [4.78, 5) is 25.4. The molecule has 1 atom stereocenters. The van der Waals surface area contributed by atoms with Gasteiger partial charge in [0.15, 0.2) is 5.60 Å². The summed E-state index contributed by atoms with van der Waals surface area (Å²) in [5.74, 6) is -0.993. The van der Waals surface area contributed by atoms with Crippen LogP contribution >= 0.6 is 0 Å². The van der Waals surface area contributed by atoms with Gasteiger partial charge in [-0.3, -0.25) is 4.79 Å². The number of amides is 1. The molecule has 2 aliphatic heterocycles. The van der Waals surface area contributed by atoms with E-state index in [9.17, 15) is 22.8 Å². The lowest BCUT2D eigenvalue weighted by atomic mass is 9.85. The summed E-state index contributed by atoms with van der Waals surface area (Å²) in [7, 11) is 0. The van der Waals surface area contributed by atoms with Crippen molar-refractivity contribution >= 4 is 11.9 Å². The molecule has 4 nitrogen and oxygen atoms in total. The SMILES string of the molecule is O=C1OC2(CCCN(C(=O)CCC(F)(F)F)C2)c2ccccc21. The van der Waals surface area contributed by atoms with E-state index in [0.717, 1.165) is 5.56 Å². The molecule has 0 N–H and O–H groups in total. The Kier molecular flexibility index (Phi) is 3.82. The third-order valence-electron chi connectivity index (χ3n) is 4.36. The molecule has 7 heteroatoms. The van der Waals surface area contributed by atoms with Gasteiger partial charge in [0, 0.05) is 18.5 Å². The van der Waals surface area contributed by atoms with Gasteiger partial charge in [-0.2, -0.15) is 13.2 Å². The van der Waals surface area contributed by atoms with Gasteiger partial charge < -0.3 is 9.64 Å². The second-order valence-electron chi connectivity index (χ2n) is 5.96. The van der Waals surface area contributed by atoms with Crippen molar-refractivity contribution < 1.29 is 27.5 Å². The fourth-order valence-corrected chi connectivity index (χ4v) is 3.29. The Morgan fingerprint density at radius 2 is 2.04 bits per heavy atom. The first-order chi connectivity index (χ1) is 10.8. The highest BCUT2D eigenvalue weighted by molar-refractivity contribution is 5.95. The van der Waals surface area contributed by atoms with Gasteiger partial charge in [0.05, 0.1) is 18.5 Å². The van der Waals surface area contributed by atoms with Crippen LogP contribution in [0.15, 0.2) is 24.3 Å². The van der Waals surface area contributed by atoms with E-state index in [4.69, 9.17) is 4.74 Å². The number of halogens is 3. The first-order valence-corrected chi connectivity index (χ1v) is 7.48. The summed E-state index contributed by atoms with van der Waals surface area (Å²) in [5, 5.41) is 0. The third-order valence-corrected chi connectivity index (χ3v) is 4.36. The minimum Gasteiger partial charge on any atom is -0.449 e. The summed E-state index contributed by atoms with van der Waals surface area (Å²) in [6.45, 7) is 0.505. The van der Waals surface area contributed by atoms with E-state index in [2.05, 4.69) is 0 Å². The molecule has 1 aromatic rings. The predicted molar refractivity (Wildman–Crippen MR) is 74.6 cm³/mol. The lowest BCUT2D eigenvalue weighted by Crippen LogP contribution is -2.48. The molecule has 0 bridgehead atoms. The normalized spacial score (nSPS) is 23.8. The zero-order chi connectivity index (χ0) is 16.7. The Hall–Kier alpha value is -2.05. The molecule has 0 aromatic heterocycles. The topological polar surface area (TPSA) is 46.6 Å². The molecule has 3 rings (SSSR count). The molecule has 2 heterocycles. The number of benzene rings is 1. The van der Waals surface area contributed by atoms with Crippen LogP contribution in [0.3, 0.4) is 0 Å². The van der Waals surface area contributed by atoms with Gasteiger partial charge in [-0.1, -0.05) is 18.2 Å². The van der Waals surface area contributed by atoms with Crippen LogP contribution in [0.25, 0.3) is 0 Å². The molecular formula is C16H16F3NO3. The fraction of sp³-hybridized carbons (Fsp3) is 0.500. The maximum atomic E-state index is 12.3. The highest BCUT2D eigenvalue weighted by Gasteiger charge is 2.48. The van der Waals surface area contributed by atoms with Gasteiger partial charge in [-0.15, -0.1) is 0 Å². The number of rotatable bonds is 2. The van der Waals surface area contributed by atoms with E-state index < -0.39 is 36.5 Å². The number of esters is 1. The Bertz CT molecular complexity index is 644. The number of alkyl halides is 3. The number of ether oxygens (including phenoxy) is 1. The quantitative estimate of drug-likeness (QED) is 0.785. The molecule has 0 radical (unpaired) electrons. The van der Waals surface area contributed by atoms with Crippen molar-refractivity contribution in [2.75, 3.05) is 13.1 Å². The van der Waals surface area contributed by atoms with E-state index in [1.807, 2.05) is 0 Å². The largest absolute Gasteiger partial charge is 0.449 e. The summed E-state index contributed by atoms with van der Waals surface area (Å²) in [6, 6.07) is 6.96. The number of fused-ring (bicyclic) bond motifs is 2. The van der Waals surface area contributed by atoms with Crippen molar-refractivity contribution in [3.8, 4) is 0 Å². The summed E-state index contributed by atoms with van der Waals surface area (Å²) < 4.78 is 42.4. The summed E-state index contributed by atoms with van der Waals surface area (Å²) in [6.07, 6.45) is -4.91. The van der Waals surface area contributed by atoms with E-state index >= 15 is 0 Å². The highest BCUT2D eigenvalue weighted by atomic mass is 19.4. The Labute approximate surface area is 131 Å². The van der Waals surface area contributed by atoms with Crippen LogP contribution in [0.4, 0.5) is 13.2 Å². The first-order valence-electron chi connectivity index (χ1n) is 7.48. The number of piperidine rings is 1. The number of carbonyl (C=O) groups is 2. The molecule has 0 aliphatic carbocycles. The molecule has 2 aliphatic rings. The van der Waals surface area contributed by atoms with Crippen LogP contribution in [-0.2, 0) is 15.1 Å². The molecular weight excluding hydrogens is 311 g/mol. The van der Waals surface area contributed by atoms with Crippen LogP contribution in [0.1, 0.15) is 41.6 Å². The van der Waals surface area contributed by atoms with Crippen molar-refractivity contribution in [2.24, 2.45) is 0 Å². The van der Waals surface area contributed by atoms with Crippen LogP contribution < -0.4 is 0 Å². The van der Waals surface area contributed by atoms with Crippen LogP contribution in [-0.4, -0.2) is 36.0 Å². The molecule has 1 unspecified atom stereocenters. The maximum absolute atomic E-state index is 12.3. The minimum absolute atomic E-state index is 0.118. The molecule has 1 amide bonds. The molecule has 0 saturated carbocycles. The molecule has 124 valence electrons. The Balaban J connectivity index is 1.77. The summed E-state index contributed by atoms with van der Waals surface area (Å²) >= 11 is 0. The van der Waals surface area contributed by atoms with E-state index in [0.29, 0.717) is 24.9 Å². The van der Waals surface area contributed by atoms with Crippen LogP contribution in [0.5, 0.6) is 0 Å². The van der Waals surface area contributed by atoms with Gasteiger partial charge >= 0.3 is 12.1 Å². The van der Waals surface area contributed by atoms with Gasteiger partial charge in [0.1, 0.15) is 0 Å². The first kappa shape index (κ1) is 15.8. The van der Waals surface area contributed by atoms with E-state index in [1.54, 1.807) is 24.3 Å². The minimum atomic E-state index is -4.35. The number of hydrogen-bond acceptors (Lipinski definition) is 3. The standard InChI is InChI=1S/C16H16F3NO3/c17-16(18,19)8-6-13(21)20-9-3-7-15(10-20)12-5-2-1-4-11(12)14(22)23-15/h1-2,4-5H,3,6-10H2. The lowest BCUT2D eigenvalue weighted by molar-refractivity contribution is -0.153. The number of carbonyl (C=O) groups excluding carboxylic acids is 2. The molecule has 23 heavy (non-hydrogen) atoms. The zero-order valence-electron chi connectivity index (χ0n) is 12.4. The molecule has 1 saturated heterocycles. The smallest absolute Gasteiger partial charge is 0.389 e. The van der Waals surface area contributed by atoms with Gasteiger partial charge in [-0.25, -0.2) is 4.79 Å². The van der Waals surface area contributed by atoms with Crippen molar-refractivity contribution in [3.63, 3.8) is 0 Å². The highest BCUT2D eigenvalue weighted by Crippen LogP contribution is 2.42. The molecule has 1 spiro atoms. The van der Waals surface area contributed by atoms with Crippen LogP contribution in [0.2, 0.25) is 0 Å². The Morgan fingerprint density at radius 1 is 1.30 bits per heavy atom. The fourth-order valence-electron chi connectivity index (χ4n) is 3.29. The van der Waals surface area contributed by atoms with Crippen molar-refractivity contribution in [3.05, 3.63) is 35.4 Å². The van der Waals surface area contributed by atoms with Gasteiger partial charge in [0.2, 0.25) is 5.91 Å². The second kappa shape index (κ2) is 5.54. The van der Waals surface area contributed by atoms with E-state index in [1.165, 1.54) is 4.90 Å². The third kappa shape index (κ3) is 3.04. The van der Waals surface area contributed by atoms with Crippen molar-refractivity contribution in [1.29, 1.82) is 0 Å². The van der Waals surface area contributed by atoms with Crippen molar-refractivity contribution in [2.45, 2.75) is 37.5 Å². The summed E-state index contributed by atoms with van der Waals surface area (Å²) in [5.41, 5.74) is 0.273.